The second-order valence-electron chi connectivity index (χ2n) is 3.97. The zero-order valence-electron chi connectivity index (χ0n) is 10.1. The minimum Gasteiger partial charge on any atom is -0.245 e. The molecule has 0 radical (unpaired) electrons. The first-order valence-corrected chi connectivity index (χ1v) is 6.67. The molecule has 2 heterocycles. The molecular weight excluding hydrogens is 357 g/mol. The van der Waals surface area contributed by atoms with Crippen molar-refractivity contribution in [2.24, 2.45) is 7.05 Å². The van der Waals surface area contributed by atoms with Crippen LogP contribution in [0.3, 0.4) is 0 Å². The van der Waals surface area contributed by atoms with Crippen LogP contribution in [0.1, 0.15) is 5.82 Å². The van der Waals surface area contributed by atoms with Gasteiger partial charge in [-0.3, -0.25) is 0 Å². The predicted molar refractivity (Wildman–Crippen MR) is 76.1 cm³/mol. The Morgan fingerprint density at radius 1 is 1.16 bits per heavy atom. The standard InChI is InChI=1S/C11H10IN7/c1-18-15-10(14-17-18)6-19-7-13-11(16-19)8-2-4-9(12)5-3-8/h2-5,7H,6H2,1H3. The van der Waals surface area contributed by atoms with Gasteiger partial charge in [0.15, 0.2) is 11.6 Å². The van der Waals surface area contributed by atoms with Crippen molar-refractivity contribution in [2.45, 2.75) is 6.54 Å². The van der Waals surface area contributed by atoms with Crippen LogP contribution in [0.5, 0.6) is 0 Å². The van der Waals surface area contributed by atoms with Crippen molar-refractivity contribution in [1.29, 1.82) is 0 Å². The SMILES string of the molecule is Cn1nnc(Cn2cnc(-c3ccc(I)cc3)n2)n1. The maximum Gasteiger partial charge on any atom is 0.196 e. The number of aryl methyl sites for hydroxylation is 1. The number of hydrogen-bond donors (Lipinski definition) is 0. The fourth-order valence-corrected chi connectivity index (χ4v) is 1.99. The van der Waals surface area contributed by atoms with Gasteiger partial charge in [0.1, 0.15) is 12.9 Å². The zero-order valence-corrected chi connectivity index (χ0v) is 12.3. The van der Waals surface area contributed by atoms with Gasteiger partial charge in [-0.2, -0.15) is 9.90 Å². The molecule has 0 bridgehead atoms. The number of rotatable bonds is 3. The Hall–Kier alpha value is -1.84. The average Bonchev–Trinajstić information content (AvgIpc) is 3.00. The van der Waals surface area contributed by atoms with Crippen molar-refractivity contribution < 1.29 is 0 Å². The van der Waals surface area contributed by atoms with Crippen LogP contribution in [0.25, 0.3) is 11.4 Å². The zero-order chi connectivity index (χ0) is 13.2. The van der Waals surface area contributed by atoms with Crippen molar-refractivity contribution in [2.75, 3.05) is 0 Å². The highest BCUT2D eigenvalue weighted by Gasteiger charge is 2.06. The first-order chi connectivity index (χ1) is 9.20. The van der Waals surface area contributed by atoms with Gasteiger partial charge >= 0.3 is 0 Å². The summed E-state index contributed by atoms with van der Waals surface area (Å²) in [6.07, 6.45) is 1.67. The topological polar surface area (TPSA) is 74.3 Å². The smallest absolute Gasteiger partial charge is 0.196 e. The molecule has 3 rings (SSSR count). The van der Waals surface area contributed by atoms with Crippen molar-refractivity contribution >= 4 is 22.6 Å². The summed E-state index contributed by atoms with van der Waals surface area (Å²) < 4.78 is 2.88. The van der Waals surface area contributed by atoms with Crippen LogP contribution in [0.2, 0.25) is 0 Å². The van der Waals surface area contributed by atoms with E-state index < -0.39 is 0 Å². The Balaban J connectivity index is 1.81. The summed E-state index contributed by atoms with van der Waals surface area (Å²) >= 11 is 2.27. The van der Waals surface area contributed by atoms with Crippen molar-refractivity contribution in [3.8, 4) is 11.4 Å². The molecule has 0 amide bonds. The Morgan fingerprint density at radius 2 is 1.95 bits per heavy atom. The van der Waals surface area contributed by atoms with Crippen LogP contribution in [0, 0.1) is 3.57 Å². The molecule has 0 saturated carbocycles. The van der Waals surface area contributed by atoms with Crippen molar-refractivity contribution in [3.63, 3.8) is 0 Å². The van der Waals surface area contributed by atoms with Gasteiger partial charge in [0.05, 0.1) is 7.05 Å². The van der Waals surface area contributed by atoms with Crippen LogP contribution in [0.15, 0.2) is 30.6 Å². The molecule has 1 aromatic carbocycles. The van der Waals surface area contributed by atoms with Crippen LogP contribution < -0.4 is 0 Å². The summed E-state index contributed by atoms with van der Waals surface area (Å²) in [5.41, 5.74) is 0.992. The maximum absolute atomic E-state index is 4.40. The third-order valence-corrected chi connectivity index (χ3v) is 3.21. The molecule has 0 fully saturated rings. The largest absolute Gasteiger partial charge is 0.245 e. The van der Waals surface area contributed by atoms with E-state index in [9.17, 15) is 0 Å². The molecule has 0 saturated heterocycles. The third kappa shape index (κ3) is 2.78. The van der Waals surface area contributed by atoms with Gasteiger partial charge in [-0.05, 0) is 39.9 Å². The number of halogens is 1. The Bertz CT molecular complexity index is 685. The summed E-state index contributed by atoms with van der Waals surface area (Å²) in [6.45, 7) is 0.464. The number of benzene rings is 1. The van der Waals surface area contributed by atoms with Gasteiger partial charge in [-0.25, -0.2) is 9.67 Å². The number of aromatic nitrogens is 7. The third-order valence-electron chi connectivity index (χ3n) is 2.49. The number of hydrogen-bond acceptors (Lipinski definition) is 5. The van der Waals surface area contributed by atoms with Crippen LogP contribution in [-0.4, -0.2) is 35.0 Å². The average molecular weight is 367 g/mol. The van der Waals surface area contributed by atoms with Crippen LogP contribution in [0.4, 0.5) is 0 Å². The molecule has 0 aliphatic carbocycles. The summed E-state index contributed by atoms with van der Waals surface area (Å²) in [7, 11) is 1.73. The van der Waals surface area contributed by atoms with E-state index in [1.807, 2.05) is 24.3 Å². The Kier molecular flexibility index (Phi) is 3.23. The monoisotopic (exact) mass is 367 g/mol. The van der Waals surface area contributed by atoms with E-state index in [4.69, 9.17) is 0 Å². The molecule has 2 aromatic heterocycles. The van der Waals surface area contributed by atoms with E-state index in [2.05, 4.69) is 48.1 Å². The lowest BCUT2D eigenvalue weighted by Crippen LogP contribution is -2.03. The molecule has 0 N–H and O–H groups in total. The summed E-state index contributed by atoms with van der Waals surface area (Å²) in [5, 5.41) is 16.2. The molecule has 8 heteroatoms. The fourth-order valence-electron chi connectivity index (χ4n) is 1.63. The highest BCUT2D eigenvalue weighted by Crippen LogP contribution is 2.16. The van der Waals surface area contributed by atoms with E-state index in [0.29, 0.717) is 18.2 Å². The van der Waals surface area contributed by atoms with Gasteiger partial charge in [-0.15, -0.1) is 10.2 Å². The molecule has 19 heavy (non-hydrogen) atoms. The molecule has 0 aliphatic rings. The second-order valence-corrected chi connectivity index (χ2v) is 5.21. The van der Waals surface area contributed by atoms with Gasteiger partial charge in [0.2, 0.25) is 0 Å². The highest BCUT2D eigenvalue weighted by atomic mass is 127. The number of nitrogens with zero attached hydrogens (tertiary/aromatic N) is 7. The van der Waals surface area contributed by atoms with Crippen molar-refractivity contribution in [1.82, 2.24) is 35.0 Å². The summed E-state index contributed by atoms with van der Waals surface area (Å²) in [5.74, 6) is 1.31. The molecule has 96 valence electrons. The van der Waals surface area contributed by atoms with E-state index in [-0.39, 0.29) is 0 Å². The van der Waals surface area contributed by atoms with E-state index in [1.165, 1.54) is 8.37 Å². The summed E-state index contributed by atoms with van der Waals surface area (Å²) in [6, 6.07) is 8.06. The van der Waals surface area contributed by atoms with Crippen LogP contribution in [-0.2, 0) is 13.6 Å². The fraction of sp³-hybridized carbons (Fsp3) is 0.182. The minimum atomic E-state index is 0.464. The van der Waals surface area contributed by atoms with Crippen molar-refractivity contribution in [3.05, 3.63) is 40.0 Å². The van der Waals surface area contributed by atoms with Gasteiger partial charge < -0.3 is 0 Å². The lowest BCUT2D eigenvalue weighted by atomic mass is 10.2. The molecule has 7 nitrogen and oxygen atoms in total. The molecule has 3 aromatic rings. The second kappa shape index (κ2) is 5.03. The minimum absolute atomic E-state index is 0.464. The Labute approximate surface area is 122 Å². The van der Waals surface area contributed by atoms with E-state index in [1.54, 1.807) is 18.1 Å². The summed E-state index contributed by atoms with van der Waals surface area (Å²) in [4.78, 5) is 5.71. The highest BCUT2D eigenvalue weighted by molar-refractivity contribution is 14.1. The van der Waals surface area contributed by atoms with Gasteiger partial charge in [-0.1, -0.05) is 12.1 Å². The molecule has 0 spiro atoms. The molecule has 0 atom stereocenters. The molecule has 0 unspecified atom stereocenters. The molecule has 0 aliphatic heterocycles. The first kappa shape index (κ1) is 12.2. The van der Waals surface area contributed by atoms with E-state index in [0.717, 1.165) is 5.56 Å². The molecular formula is C11H10IN7. The Morgan fingerprint density at radius 3 is 2.63 bits per heavy atom. The number of tetrazole rings is 1. The van der Waals surface area contributed by atoms with Gasteiger partial charge in [0.25, 0.3) is 0 Å². The first-order valence-electron chi connectivity index (χ1n) is 5.59. The lowest BCUT2D eigenvalue weighted by Gasteiger charge is -1.96. The quantitative estimate of drug-likeness (QED) is 0.649. The normalized spacial score (nSPS) is 10.8. The van der Waals surface area contributed by atoms with E-state index >= 15 is 0 Å². The predicted octanol–water partition coefficient (Wildman–Crippen LogP) is 1.12. The lowest BCUT2D eigenvalue weighted by molar-refractivity contribution is 0.617. The van der Waals surface area contributed by atoms with Crippen LogP contribution >= 0.6 is 22.6 Å². The maximum atomic E-state index is 4.40. The van der Waals surface area contributed by atoms with Gasteiger partial charge in [0, 0.05) is 9.13 Å².